The molecular weight excluding hydrogens is 466 g/mol. The predicted molar refractivity (Wildman–Crippen MR) is 115 cm³/mol. The third kappa shape index (κ3) is 3.92. The number of alkyl halides is 3. The lowest BCUT2D eigenvalue weighted by Crippen LogP contribution is -2.27. The number of fused-ring (bicyclic) bond motifs is 1. The molecule has 1 aliphatic carbocycles. The zero-order valence-electron chi connectivity index (χ0n) is 18.2. The van der Waals surface area contributed by atoms with E-state index in [0.29, 0.717) is 17.1 Å². The Morgan fingerprint density at radius 1 is 1.14 bits per heavy atom. The lowest BCUT2D eigenvalue weighted by molar-refractivity contribution is -0.141. The lowest BCUT2D eigenvalue weighted by Gasteiger charge is -2.35. The van der Waals surface area contributed by atoms with Gasteiger partial charge in [0, 0.05) is 23.7 Å². The molecule has 1 saturated carbocycles. The second-order valence-electron chi connectivity index (χ2n) is 8.40. The van der Waals surface area contributed by atoms with E-state index >= 15 is 0 Å². The third-order valence-electron chi connectivity index (χ3n) is 6.37. The first-order chi connectivity index (χ1) is 16.7. The summed E-state index contributed by atoms with van der Waals surface area (Å²) < 4.78 is 53.3. The normalized spacial score (nSPS) is 18.7. The van der Waals surface area contributed by atoms with Crippen LogP contribution in [0.2, 0.25) is 0 Å². The van der Waals surface area contributed by atoms with Crippen molar-refractivity contribution in [3.05, 3.63) is 81.3 Å². The van der Waals surface area contributed by atoms with Crippen LogP contribution in [0.1, 0.15) is 66.1 Å². The van der Waals surface area contributed by atoms with E-state index in [9.17, 15) is 27.6 Å². The number of nitriles is 1. The number of aromatic amines is 1. The van der Waals surface area contributed by atoms with E-state index in [2.05, 4.69) is 25.0 Å². The van der Waals surface area contributed by atoms with Gasteiger partial charge in [0.25, 0.3) is 5.56 Å². The third-order valence-corrected chi connectivity index (χ3v) is 6.37. The van der Waals surface area contributed by atoms with Crippen molar-refractivity contribution in [1.82, 2.24) is 29.7 Å². The topological polar surface area (TPSA) is 113 Å². The lowest BCUT2D eigenvalue weighted by atomic mass is 9.71. The monoisotopic (exact) mass is 483 g/mol. The maximum Gasteiger partial charge on any atom is 0.433 e. The van der Waals surface area contributed by atoms with Crippen LogP contribution < -0.4 is 5.56 Å². The van der Waals surface area contributed by atoms with Gasteiger partial charge in [0.15, 0.2) is 11.3 Å². The van der Waals surface area contributed by atoms with Crippen LogP contribution >= 0.6 is 0 Å². The number of pyridine rings is 2. The Labute approximate surface area is 195 Å². The second kappa shape index (κ2) is 8.26. The highest BCUT2D eigenvalue weighted by Crippen LogP contribution is 2.47. The summed E-state index contributed by atoms with van der Waals surface area (Å²) in [6, 6.07) is 6.28. The molecule has 4 aromatic heterocycles. The van der Waals surface area contributed by atoms with Crippen LogP contribution in [-0.4, -0.2) is 29.7 Å². The highest BCUT2D eigenvalue weighted by molar-refractivity contribution is 5.80. The minimum Gasteiger partial charge on any atom is -0.310 e. The smallest absolute Gasteiger partial charge is 0.310 e. The van der Waals surface area contributed by atoms with Crippen LogP contribution in [-0.2, 0) is 6.18 Å². The van der Waals surface area contributed by atoms with Gasteiger partial charge in [0.05, 0.1) is 12.2 Å². The summed E-state index contributed by atoms with van der Waals surface area (Å²) in [6.07, 6.45) is -0.852. The minimum absolute atomic E-state index is 0.00116. The quantitative estimate of drug-likeness (QED) is 0.435. The molecular formula is C23H17F4N7O. The van der Waals surface area contributed by atoms with Gasteiger partial charge in [0.1, 0.15) is 28.8 Å². The van der Waals surface area contributed by atoms with Crippen molar-refractivity contribution in [2.24, 2.45) is 0 Å². The molecule has 4 heterocycles. The molecule has 0 saturated heterocycles. The molecule has 1 N–H and O–H groups in total. The fraction of sp³-hybridized carbons (Fsp3) is 0.304. The molecule has 0 aliphatic heterocycles. The second-order valence-corrected chi connectivity index (χ2v) is 8.40. The maximum absolute atomic E-state index is 13.3. The molecule has 4 aromatic rings. The van der Waals surface area contributed by atoms with Gasteiger partial charge in [-0.05, 0) is 43.5 Å². The number of nitrogens with one attached hydrogen (secondary N) is 1. The summed E-state index contributed by atoms with van der Waals surface area (Å²) in [5.41, 5.74) is -0.488. The zero-order valence-corrected chi connectivity index (χ0v) is 18.2. The van der Waals surface area contributed by atoms with E-state index < -0.39 is 29.3 Å². The standard InChI is InChI=1S/C23H17F4N7O/c1-11(12-2-7-18(30-9-12)23(25,26)27)34-21-19(17(8-28)33-34)22(35)32-20(31-21)15-5-4-14(15)16-6-3-13(24)10-29-16/h2-3,6-7,9-11,14-15H,4-5H2,1H3,(H,31,32,35)/t11-,14-,15-/m0/s1. The number of aromatic nitrogens is 6. The van der Waals surface area contributed by atoms with Gasteiger partial charge in [-0.15, -0.1) is 0 Å². The average molecular weight is 483 g/mol. The van der Waals surface area contributed by atoms with Gasteiger partial charge in [-0.1, -0.05) is 6.07 Å². The summed E-state index contributed by atoms with van der Waals surface area (Å²) in [6.45, 7) is 1.66. The Kier molecular flexibility index (Phi) is 5.35. The zero-order chi connectivity index (χ0) is 24.9. The number of halogens is 4. The highest BCUT2D eigenvalue weighted by atomic mass is 19.4. The number of nitrogens with zero attached hydrogens (tertiary/aromatic N) is 6. The van der Waals surface area contributed by atoms with Crippen molar-refractivity contribution < 1.29 is 17.6 Å². The van der Waals surface area contributed by atoms with Crippen molar-refractivity contribution in [2.45, 2.75) is 43.8 Å². The van der Waals surface area contributed by atoms with Crippen molar-refractivity contribution in [1.29, 1.82) is 5.26 Å². The van der Waals surface area contributed by atoms with Crippen LogP contribution in [0.5, 0.6) is 0 Å². The van der Waals surface area contributed by atoms with E-state index in [1.807, 2.05) is 6.07 Å². The van der Waals surface area contributed by atoms with E-state index in [-0.39, 0.29) is 28.6 Å². The molecule has 0 radical (unpaired) electrons. The highest BCUT2D eigenvalue weighted by Gasteiger charge is 2.37. The summed E-state index contributed by atoms with van der Waals surface area (Å²) in [5.74, 6) is -0.313. The van der Waals surface area contributed by atoms with Gasteiger partial charge >= 0.3 is 6.18 Å². The largest absolute Gasteiger partial charge is 0.433 e. The van der Waals surface area contributed by atoms with Gasteiger partial charge < -0.3 is 4.98 Å². The first-order valence-electron chi connectivity index (χ1n) is 10.7. The van der Waals surface area contributed by atoms with Crippen LogP contribution in [0.3, 0.4) is 0 Å². The van der Waals surface area contributed by atoms with Crippen molar-refractivity contribution in [2.75, 3.05) is 0 Å². The van der Waals surface area contributed by atoms with Crippen LogP contribution in [0.25, 0.3) is 11.0 Å². The molecule has 3 atom stereocenters. The molecule has 8 nitrogen and oxygen atoms in total. The van der Waals surface area contributed by atoms with Gasteiger partial charge in [-0.25, -0.2) is 14.1 Å². The molecule has 12 heteroatoms. The van der Waals surface area contributed by atoms with E-state index in [1.54, 1.807) is 13.0 Å². The van der Waals surface area contributed by atoms with Gasteiger partial charge in [0.2, 0.25) is 0 Å². The Balaban J connectivity index is 1.56. The summed E-state index contributed by atoms with van der Waals surface area (Å²) in [5, 5.41) is 13.7. The van der Waals surface area contributed by atoms with E-state index in [0.717, 1.165) is 31.3 Å². The fourth-order valence-corrected chi connectivity index (χ4v) is 4.34. The maximum atomic E-state index is 13.3. The Bertz CT molecular complexity index is 1500. The first kappa shape index (κ1) is 22.6. The molecule has 1 aliphatic rings. The molecule has 0 unspecified atom stereocenters. The Morgan fingerprint density at radius 3 is 2.49 bits per heavy atom. The number of hydrogen-bond acceptors (Lipinski definition) is 6. The predicted octanol–water partition coefficient (Wildman–Crippen LogP) is 4.21. The van der Waals surface area contributed by atoms with E-state index in [4.69, 9.17) is 0 Å². The minimum atomic E-state index is -4.57. The SMILES string of the molecule is C[C@@H](c1ccc(C(F)(F)F)nc1)n1nc(C#N)c2c(=O)[nH]c([C@H]3CC[C@@H]3c3ccc(F)cn3)nc21. The van der Waals surface area contributed by atoms with Crippen LogP contribution in [0.4, 0.5) is 17.6 Å². The summed E-state index contributed by atoms with van der Waals surface area (Å²) in [4.78, 5) is 27.9. The molecule has 5 rings (SSSR count). The molecule has 0 amide bonds. The number of hydrogen-bond donors (Lipinski definition) is 1. The summed E-state index contributed by atoms with van der Waals surface area (Å²) >= 11 is 0. The van der Waals surface area contributed by atoms with Crippen molar-refractivity contribution in [3.8, 4) is 6.07 Å². The Morgan fingerprint density at radius 2 is 1.91 bits per heavy atom. The van der Waals surface area contributed by atoms with Crippen LogP contribution in [0.15, 0.2) is 41.5 Å². The fourth-order valence-electron chi connectivity index (χ4n) is 4.34. The van der Waals surface area contributed by atoms with Crippen molar-refractivity contribution in [3.63, 3.8) is 0 Å². The molecule has 1 fully saturated rings. The van der Waals surface area contributed by atoms with E-state index in [1.165, 1.54) is 16.8 Å². The van der Waals surface area contributed by atoms with Crippen LogP contribution in [0, 0.1) is 17.1 Å². The first-order valence-corrected chi connectivity index (χ1v) is 10.7. The van der Waals surface area contributed by atoms with Gasteiger partial charge in [-0.3, -0.25) is 14.8 Å². The van der Waals surface area contributed by atoms with Crippen molar-refractivity contribution >= 4 is 11.0 Å². The summed E-state index contributed by atoms with van der Waals surface area (Å²) in [7, 11) is 0. The molecule has 0 aromatic carbocycles. The number of rotatable bonds is 4. The molecule has 35 heavy (non-hydrogen) atoms. The number of H-pyrrole nitrogens is 1. The molecule has 0 bridgehead atoms. The molecule has 0 spiro atoms. The Hall–Kier alpha value is -4.14. The van der Waals surface area contributed by atoms with Gasteiger partial charge in [-0.2, -0.15) is 23.5 Å². The average Bonchev–Trinajstić information content (AvgIpc) is 3.18. The molecule has 178 valence electrons.